The quantitative estimate of drug-likeness (QED) is 0.731. The number of hydrogen-bond acceptors (Lipinski definition) is 6. The number of hydrogen-bond donors (Lipinski definition) is 2. The molecule has 1 aromatic heterocycles. The highest BCUT2D eigenvalue weighted by Gasteiger charge is 2.14. The molecule has 102 valence electrons. The highest BCUT2D eigenvalue weighted by Crippen LogP contribution is 1.93. The van der Waals surface area contributed by atoms with Gasteiger partial charge in [0.2, 0.25) is 0 Å². The van der Waals surface area contributed by atoms with Gasteiger partial charge < -0.3 is 14.5 Å². The number of aromatic nitrogens is 1. The van der Waals surface area contributed by atoms with Crippen molar-refractivity contribution in [2.24, 2.45) is 0 Å². The minimum absolute atomic E-state index is 0.109. The number of amides is 2. The molecule has 0 aromatic carbocycles. The topological polar surface area (TPSA) is 115 Å². The molecule has 8 nitrogen and oxygen atoms in total. The maximum Gasteiger partial charge on any atom is 0.413 e. The number of carbonyl (C=O) groups excluding carboxylic acids is 3. The summed E-state index contributed by atoms with van der Waals surface area (Å²) in [5, 5.41) is 1.84. The lowest BCUT2D eigenvalue weighted by Crippen LogP contribution is -2.35. The summed E-state index contributed by atoms with van der Waals surface area (Å²) in [6.07, 6.45) is 0.424. The van der Waals surface area contributed by atoms with E-state index < -0.39 is 30.1 Å². The van der Waals surface area contributed by atoms with E-state index in [0.717, 1.165) is 0 Å². The average molecular weight is 268 g/mol. The second-order valence-electron chi connectivity index (χ2n) is 3.26. The first-order valence-corrected chi connectivity index (χ1v) is 5.36. The zero-order chi connectivity index (χ0) is 14.3. The van der Waals surface area contributed by atoms with Gasteiger partial charge in [-0.25, -0.2) is 9.59 Å². The van der Waals surface area contributed by atoms with Crippen LogP contribution >= 0.6 is 0 Å². The molecular weight excluding hydrogens is 256 g/mol. The number of rotatable bonds is 4. The van der Waals surface area contributed by atoms with E-state index in [0.29, 0.717) is 0 Å². The van der Waals surface area contributed by atoms with E-state index in [9.17, 15) is 19.2 Å². The van der Waals surface area contributed by atoms with Gasteiger partial charge in [-0.15, -0.1) is 0 Å². The Morgan fingerprint density at radius 2 is 2.05 bits per heavy atom. The molecule has 0 unspecified atom stereocenters. The van der Waals surface area contributed by atoms with Crippen molar-refractivity contribution in [1.82, 2.24) is 10.3 Å². The first-order valence-electron chi connectivity index (χ1n) is 5.36. The lowest BCUT2D eigenvalue weighted by molar-refractivity contribution is -0.123. The molecule has 0 bridgehead atoms. The van der Waals surface area contributed by atoms with Gasteiger partial charge in [0.15, 0.2) is 6.61 Å². The van der Waals surface area contributed by atoms with E-state index in [1.165, 1.54) is 18.3 Å². The van der Waals surface area contributed by atoms with Gasteiger partial charge in [-0.05, 0) is 19.1 Å². The number of carbonyl (C=O) groups is 3. The maximum absolute atomic E-state index is 11.4. The molecule has 0 saturated carbocycles. The molecule has 0 aliphatic rings. The standard InChI is InChI=1S/C11H12N2O6/c1-2-18-11(17)13-8(14)6-19-10(16)7-4-3-5-12-9(7)15/h3-5H,2,6H2,1H3,(H,12,15)(H,13,14,17). The van der Waals surface area contributed by atoms with Crippen molar-refractivity contribution in [2.75, 3.05) is 13.2 Å². The Balaban J connectivity index is 2.47. The van der Waals surface area contributed by atoms with Gasteiger partial charge in [0.25, 0.3) is 11.5 Å². The largest absolute Gasteiger partial charge is 0.452 e. The van der Waals surface area contributed by atoms with E-state index >= 15 is 0 Å². The minimum Gasteiger partial charge on any atom is -0.452 e. The minimum atomic E-state index is -0.958. The number of imide groups is 1. The fourth-order valence-electron chi connectivity index (χ4n) is 1.11. The second kappa shape index (κ2) is 6.94. The number of nitrogens with one attached hydrogen (secondary N) is 2. The molecule has 0 saturated heterocycles. The van der Waals surface area contributed by atoms with Crippen molar-refractivity contribution in [3.05, 3.63) is 34.2 Å². The number of ether oxygens (including phenoxy) is 2. The lowest BCUT2D eigenvalue weighted by atomic mass is 10.3. The third-order valence-electron chi connectivity index (χ3n) is 1.89. The summed E-state index contributed by atoms with van der Waals surface area (Å²) in [6, 6.07) is 2.70. The molecule has 19 heavy (non-hydrogen) atoms. The first-order chi connectivity index (χ1) is 9.04. The number of aromatic amines is 1. The molecule has 2 N–H and O–H groups in total. The molecule has 0 atom stereocenters. The van der Waals surface area contributed by atoms with Gasteiger partial charge in [-0.3, -0.25) is 14.9 Å². The Labute approximate surface area is 107 Å². The Morgan fingerprint density at radius 3 is 2.68 bits per heavy atom. The smallest absolute Gasteiger partial charge is 0.413 e. The van der Waals surface area contributed by atoms with Gasteiger partial charge in [0.05, 0.1) is 6.61 Å². The highest BCUT2D eigenvalue weighted by molar-refractivity contribution is 5.95. The fourth-order valence-corrected chi connectivity index (χ4v) is 1.11. The number of alkyl carbamates (subject to hydrolysis) is 1. The summed E-state index contributed by atoms with van der Waals surface area (Å²) in [4.78, 5) is 47.0. The Morgan fingerprint density at radius 1 is 1.32 bits per heavy atom. The maximum atomic E-state index is 11.4. The van der Waals surface area contributed by atoms with E-state index in [2.05, 4.69) is 14.5 Å². The third kappa shape index (κ3) is 4.62. The number of H-pyrrole nitrogens is 1. The monoisotopic (exact) mass is 268 g/mol. The van der Waals surface area contributed by atoms with Crippen molar-refractivity contribution in [2.45, 2.75) is 6.92 Å². The van der Waals surface area contributed by atoms with E-state index in [1.807, 2.05) is 5.32 Å². The van der Waals surface area contributed by atoms with Crippen LogP contribution in [0.1, 0.15) is 17.3 Å². The highest BCUT2D eigenvalue weighted by atomic mass is 16.6. The Hall–Kier alpha value is -2.64. The molecule has 1 heterocycles. The van der Waals surface area contributed by atoms with Crippen molar-refractivity contribution in [3.8, 4) is 0 Å². The number of esters is 1. The fraction of sp³-hybridized carbons (Fsp3) is 0.273. The molecule has 8 heteroatoms. The molecule has 1 rings (SSSR count). The normalized spacial score (nSPS) is 9.53. The van der Waals surface area contributed by atoms with Crippen LogP contribution in [0, 0.1) is 0 Å². The predicted octanol–water partition coefficient (Wildman–Crippen LogP) is -0.196. The van der Waals surface area contributed by atoms with Gasteiger partial charge in [-0.2, -0.15) is 0 Å². The van der Waals surface area contributed by atoms with Gasteiger partial charge in [0.1, 0.15) is 5.56 Å². The predicted molar refractivity (Wildman–Crippen MR) is 62.5 cm³/mol. The van der Waals surface area contributed by atoms with Crippen LogP contribution in [0.4, 0.5) is 4.79 Å². The summed E-state index contributed by atoms with van der Waals surface area (Å²) < 4.78 is 9.03. The van der Waals surface area contributed by atoms with Crippen molar-refractivity contribution in [3.63, 3.8) is 0 Å². The van der Waals surface area contributed by atoms with Crippen LogP contribution in [0.3, 0.4) is 0 Å². The summed E-state index contributed by atoms with van der Waals surface area (Å²) in [5.41, 5.74) is -0.857. The Kier molecular flexibility index (Phi) is 5.27. The Bertz CT molecular complexity index is 536. The van der Waals surface area contributed by atoms with Gasteiger partial charge >= 0.3 is 12.1 Å². The average Bonchev–Trinajstić information content (AvgIpc) is 2.36. The van der Waals surface area contributed by atoms with Crippen LogP contribution < -0.4 is 10.9 Å². The molecule has 0 radical (unpaired) electrons. The van der Waals surface area contributed by atoms with Crippen molar-refractivity contribution < 1.29 is 23.9 Å². The van der Waals surface area contributed by atoms with Crippen LogP contribution in [0.25, 0.3) is 0 Å². The van der Waals surface area contributed by atoms with E-state index in [-0.39, 0.29) is 12.2 Å². The van der Waals surface area contributed by atoms with Crippen LogP contribution in [0.15, 0.2) is 23.1 Å². The summed E-state index contributed by atoms with van der Waals surface area (Å²) in [7, 11) is 0. The van der Waals surface area contributed by atoms with E-state index in [1.54, 1.807) is 6.92 Å². The van der Waals surface area contributed by atoms with Crippen molar-refractivity contribution >= 4 is 18.0 Å². The molecule has 2 amide bonds. The SMILES string of the molecule is CCOC(=O)NC(=O)COC(=O)c1ccc[nH]c1=O. The second-order valence-corrected chi connectivity index (χ2v) is 3.26. The zero-order valence-corrected chi connectivity index (χ0v) is 10.1. The summed E-state index contributed by atoms with van der Waals surface area (Å²) >= 11 is 0. The molecule has 0 aliphatic heterocycles. The van der Waals surface area contributed by atoms with Gasteiger partial charge in [-0.1, -0.05) is 0 Å². The summed E-state index contributed by atoms with van der Waals surface area (Å²) in [5.74, 6) is -1.81. The molecule has 0 spiro atoms. The van der Waals surface area contributed by atoms with Gasteiger partial charge in [0, 0.05) is 6.20 Å². The molecular formula is C11H12N2O6. The van der Waals surface area contributed by atoms with Crippen LogP contribution in [0.2, 0.25) is 0 Å². The first kappa shape index (κ1) is 14.4. The van der Waals surface area contributed by atoms with Crippen molar-refractivity contribution in [1.29, 1.82) is 0 Å². The molecule has 0 fully saturated rings. The van der Waals surface area contributed by atoms with E-state index in [4.69, 9.17) is 0 Å². The van der Waals surface area contributed by atoms with Crippen LogP contribution in [-0.2, 0) is 14.3 Å². The van der Waals surface area contributed by atoms with Crippen LogP contribution in [-0.4, -0.2) is 36.2 Å². The molecule has 1 aromatic rings. The molecule has 0 aliphatic carbocycles. The third-order valence-corrected chi connectivity index (χ3v) is 1.89. The summed E-state index contributed by atoms with van der Waals surface area (Å²) in [6.45, 7) is 0.996. The number of pyridine rings is 1. The lowest BCUT2D eigenvalue weighted by Gasteiger charge is -2.05. The van der Waals surface area contributed by atoms with Crippen LogP contribution in [0.5, 0.6) is 0 Å². The zero-order valence-electron chi connectivity index (χ0n) is 10.1.